The minimum atomic E-state index is -0.0663. The van der Waals surface area contributed by atoms with Gasteiger partial charge in [-0.2, -0.15) is 0 Å². The van der Waals surface area contributed by atoms with Crippen molar-refractivity contribution in [1.82, 2.24) is 10.6 Å². The number of rotatable bonds is 9. The lowest BCUT2D eigenvalue weighted by Crippen LogP contribution is -2.28. The van der Waals surface area contributed by atoms with E-state index in [2.05, 4.69) is 10.6 Å². The molecule has 0 aliphatic heterocycles. The molecule has 2 N–H and O–H groups in total. The SMILES string of the molecule is CC(=O)NCCCNC(=O)CCCC(=O)c1cccs1. The molecule has 0 unspecified atom stereocenters. The van der Waals surface area contributed by atoms with Crippen LogP contribution in [-0.4, -0.2) is 30.7 Å². The van der Waals surface area contributed by atoms with Crippen LogP contribution < -0.4 is 10.6 Å². The predicted molar refractivity (Wildman–Crippen MR) is 78.8 cm³/mol. The predicted octanol–water partition coefficient (Wildman–Crippen LogP) is 1.74. The Morgan fingerprint density at radius 3 is 2.50 bits per heavy atom. The van der Waals surface area contributed by atoms with E-state index < -0.39 is 0 Å². The van der Waals surface area contributed by atoms with Crippen molar-refractivity contribution in [2.75, 3.05) is 13.1 Å². The maximum absolute atomic E-state index is 11.7. The van der Waals surface area contributed by atoms with Gasteiger partial charge in [0.1, 0.15) is 0 Å². The molecule has 0 spiro atoms. The fourth-order valence-corrected chi connectivity index (χ4v) is 2.33. The van der Waals surface area contributed by atoms with Crippen molar-refractivity contribution in [2.24, 2.45) is 0 Å². The first kappa shape index (κ1) is 16.4. The molecule has 0 radical (unpaired) electrons. The van der Waals surface area contributed by atoms with Gasteiger partial charge < -0.3 is 10.6 Å². The van der Waals surface area contributed by atoms with Crippen molar-refractivity contribution in [3.63, 3.8) is 0 Å². The Bertz CT molecular complexity index is 443. The molecule has 1 aromatic heterocycles. The summed E-state index contributed by atoms with van der Waals surface area (Å²) in [6, 6.07) is 3.65. The molecule has 1 rings (SSSR count). The van der Waals surface area contributed by atoms with Gasteiger partial charge in [-0.05, 0) is 24.3 Å². The fourth-order valence-electron chi connectivity index (χ4n) is 1.64. The van der Waals surface area contributed by atoms with Crippen LogP contribution in [0.4, 0.5) is 0 Å². The van der Waals surface area contributed by atoms with Crippen molar-refractivity contribution in [1.29, 1.82) is 0 Å². The zero-order valence-electron chi connectivity index (χ0n) is 11.6. The first-order valence-electron chi connectivity index (χ1n) is 6.67. The Morgan fingerprint density at radius 2 is 1.85 bits per heavy atom. The lowest BCUT2D eigenvalue weighted by atomic mass is 10.1. The molecule has 6 heteroatoms. The molecule has 2 amide bonds. The maximum Gasteiger partial charge on any atom is 0.220 e. The van der Waals surface area contributed by atoms with Gasteiger partial charge >= 0.3 is 0 Å². The largest absolute Gasteiger partial charge is 0.356 e. The van der Waals surface area contributed by atoms with Crippen LogP contribution in [0.5, 0.6) is 0 Å². The van der Waals surface area contributed by atoms with E-state index in [9.17, 15) is 14.4 Å². The average molecular weight is 296 g/mol. The highest BCUT2D eigenvalue weighted by molar-refractivity contribution is 7.12. The zero-order chi connectivity index (χ0) is 14.8. The highest BCUT2D eigenvalue weighted by Crippen LogP contribution is 2.12. The number of carbonyl (C=O) groups is 3. The second kappa shape index (κ2) is 9.25. The molecule has 110 valence electrons. The van der Waals surface area contributed by atoms with Gasteiger partial charge in [-0.25, -0.2) is 0 Å². The third kappa shape index (κ3) is 7.04. The van der Waals surface area contributed by atoms with Crippen LogP contribution in [0.25, 0.3) is 0 Å². The molecule has 0 bridgehead atoms. The summed E-state index contributed by atoms with van der Waals surface area (Å²) in [5.74, 6) is -0.0197. The highest BCUT2D eigenvalue weighted by Gasteiger charge is 2.08. The molecule has 0 aliphatic carbocycles. The normalized spacial score (nSPS) is 10.1. The molecule has 0 fully saturated rings. The Kier molecular flexibility index (Phi) is 7.57. The molecule has 1 aromatic rings. The van der Waals surface area contributed by atoms with Gasteiger partial charge in [0.15, 0.2) is 5.78 Å². The van der Waals surface area contributed by atoms with Crippen LogP contribution >= 0.6 is 11.3 Å². The van der Waals surface area contributed by atoms with Crippen molar-refractivity contribution >= 4 is 28.9 Å². The van der Waals surface area contributed by atoms with E-state index in [1.807, 2.05) is 11.4 Å². The van der Waals surface area contributed by atoms with Gasteiger partial charge in [0.05, 0.1) is 4.88 Å². The van der Waals surface area contributed by atoms with E-state index in [0.717, 1.165) is 4.88 Å². The fraction of sp³-hybridized carbons (Fsp3) is 0.500. The maximum atomic E-state index is 11.7. The van der Waals surface area contributed by atoms with E-state index in [1.165, 1.54) is 18.3 Å². The van der Waals surface area contributed by atoms with Crippen molar-refractivity contribution < 1.29 is 14.4 Å². The average Bonchev–Trinajstić information content (AvgIpc) is 2.91. The highest BCUT2D eigenvalue weighted by atomic mass is 32.1. The Hall–Kier alpha value is -1.69. The first-order valence-corrected chi connectivity index (χ1v) is 7.55. The van der Waals surface area contributed by atoms with E-state index in [-0.39, 0.29) is 17.6 Å². The van der Waals surface area contributed by atoms with Crippen LogP contribution in [0.1, 0.15) is 42.3 Å². The molecule has 1 heterocycles. The van der Waals surface area contributed by atoms with Crippen molar-refractivity contribution in [3.05, 3.63) is 22.4 Å². The molecular formula is C14H20N2O3S. The third-order valence-electron chi connectivity index (χ3n) is 2.65. The van der Waals surface area contributed by atoms with E-state index in [1.54, 1.807) is 6.07 Å². The van der Waals surface area contributed by atoms with Crippen LogP contribution in [0.2, 0.25) is 0 Å². The van der Waals surface area contributed by atoms with Crippen molar-refractivity contribution in [2.45, 2.75) is 32.6 Å². The van der Waals surface area contributed by atoms with Crippen LogP contribution in [0, 0.1) is 0 Å². The molecule has 5 nitrogen and oxygen atoms in total. The zero-order valence-corrected chi connectivity index (χ0v) is 12.4. The van der Waals surface area contributed by atoms with E-state index >= 15 is 0 Å². The molecule has 20 heavy (non-hydrogen) atoms. The smallest absolute Gasteiger partial charge is 0.220 e. The Morgan fingerprint density at radius 1 is 1.10 bits per heavy atom. The van der Waals surface area contributed by atoms with Crippen LogP contribution in [0.3, 0.4) is 0 Å². The Balaban J connectivity index is 2.03. The molecule has 0 saturated carbocycles. The summed E-state index contributed by atoms with van der Waals surface area (Å²) in [5, 5.41) is 7.30. The third-order valence-corrected chi connectivity index (χ3v) is 3.56. The molecule has 0 saturated heterocycles. The number of hydrogen-bond acceptors (Lipinski definition) is 4. The minimum absolute atomic E-state index is 0.0493. The summed E-state index contributed by atoms with van der Waals surface area (Å²) in [6.07, 6.45) is 2.03. The molecule has 0 atom stereocenters. The number of ketones is 1. The summed E-state index contributed by atoms with van der Waals surface area (Å²) in [6.45, 7) is 2.56. The van der Waals surface area contributed by atoms with Gasteiger partial charge in [-0.1, -0.05) is 6.07 Å². The van der Waals surface area contributed by atoms with E-state index in [0.29, 0.717) is 38.8 Å². The summed E-state index contributed by atoms with van der Waals surface area (Å²) < 4.78 is 0. The first-order chi connectivity index (χ1) is 9.59. The molecule has 0 aliphatic rings. The number of amides is 2. The van der Waals surface area contributed by atoms with Gasteiger partial charge in [-0.3, -0.25) is 14.4 Å². The van der Waals surface area contributed by atoms with Gasteiger partial charge in [0.2, 0.25) is 11.8 Å². The molecule has 0 aromatic carbocycles. The Labute approximate surface area is 122 Å². The lowest BCUT2D eigenvalue weighted by molar-refractivity contribution is -0.121. The second-order valence-electron chi connectivity index (χ2n) is 4.44. The van der Waals surface area contributed by atoms with Gasteiger partial charge in [0.25, 0.3) is 0 Å². The quantitative estimate of drug-likeness (QED) is 0.538. The number of Topliss-reactive ketones (excluding diaryl/α,β-unsaturated/α-hetero) is 1. The lowest BCUT2D eigenvalue weighted by Gasteiger charge is -2.05. The summed E-state index contributed by atoms with van der Waals surface area (Å²) >= 11 is 1.43. The minimum Gasteiger partial charge on any atom is -0.356 e. The summed E-state index contributed by atoms with van der Waals surface area (Å²) in [7, 11) is 0. The standard InChI is InChI=1S/C14H20N2O3S/c1-11(17)15-8-4-9-16-14(19)7-2-5-12(18)13-6-3-10-20-13/h3,6,10H,2,4-5,7-9H2,1H3,(H,15,17)(H,16,19). The van der Waals surface area contributed by atoms with Gasteiger partial charge in [-0.15, -0.1) is 11.3 Å². The topological polar surface area (TPSA) is 75.3 Å². The van der Waals surface area contributed by atoms with Crippen LogP contribution in [0.15, 0.2) is 17.5 Å². The number of carbonyl (C=O) groups excluding carboxylic acids is 3. The number of nitrogens with one attached hydrogen (secondary N) is 2. The number of hydrogen-bond donors (Lipinski definition) is 2. The van der Waals surface area contributed by atoms with E-state index in [4.69, 9.17) is 0 Å². The monoisotopic (exact) mass is 296 g/mol. The van der Waals surface area contributed by atoms with Crippen LogP contribution in [-0.2, 0) is 9.59 Å². The molecular weight excluding hydrogens is 276 g/mol. The summed E-state index contributed by atoms with van der Waals surface area (Å²) in [4.78, 5) is 34.6. The van der Waals surface area contributed by atoms with Crippen molar-refractivity contribution in [3.8, 4) is 0 Å². The summed E-state index contributed by atoms with van der Waals surface area (Å²) in [5.41, 5.74) is 0. The van der Waals surface area contributed by atoms with Gasteiger partial charge in [0, 0.05) is 32.9 Å². The second-order valence-corrected chi connectivity index (χ2v) is 5.39. The number of thiophene rings is 1.